The number of ether oxygens (including phenoxy) is 3. The van der Waals surface area contributed by atoms with Crippen LogP contribution < -0.4 is 5.32 Å². The minimum Gasteiger partial charge on any atom is -0.480 e. The van der Waals surface area contributed by atoms with Crippen molar-refractivity contribution in [2.75, 3.05) is 53.0 Å². The number of carboxylic acid groups (broad SMARTS) is 1. The number of thioether (sulfide) groups is 1. The van der Waals surface area contributed by atoms with Gasteiger partial charge in [-0.2, -0.15) is 11.8 Å². The van der Waals surface area contributed by atoms with Gasteiger partial charge in [0, 0.05) is 53.1 Å². The molecule has 1 amide bonds. The lowest BCUT2D eigenvalue weighted by molar-refractivity contribution is -0.139. The number of aliphatic carboxylic acids is 1. The molecule has 2 aromatic carbocycles. The van der Waals surface area contributed by atoms with Crippen molar-refractivity contribution in [3.05, 3.63) is 59.2 Å². The SMILES string of the molecule is CCOC.COC1CCCCCC1.COC1CCN(Cc2ccc(C(=O)NC(CCSC)C(=O)O)c(-c3ccccc3C)c2)C1. The molecule has 2 unspecified atom stereocenters. The van der Waals surface area contributed by atoms with Crippen LogP contribution in [0.3, 0.4) is 0 Å². The van der Waals surface area contributed by atoms with Gasteiger partial charge < -0.3 is 24.6 Å². The van der Waals surface area contributed by atoms with Crippen molar-refractivity contribution in [2.24, 2.45) is 0 Å². The number of likely N-dealkylation sites (tertiary alicyclic amines) is 1. The van der Waals surface area contributed by atoms with Gasteiger partial charge in [0.1, 0.15) is 6.04 Å². The van der Waals surface area contributed by atoms with E-state index < -0.39 is 12.0 Å². The number of aryl methyl sites for hydroxylation is 1. The van der Waals surface area contributed by atoms with Gasteiger partial charge in [0.25, 0.3) is 5.91 Å². The second-order valence-electron chi connectivity index (χ2n) is 11.6. The van der Waals surface area contributed by atoms with Crippen molar-refractivity contribution in [2.45, 2.75) is 90.0 Å². The highest BCUT2D eigenvalue weighted by atomic mass is 32.2. The molecule has 2 aliphatic rings. The molecule has 2 atom stereocenters. The summed E-state index contributed by atoms with van der Waals surface area (Å²) in [5.74, 6) is -0.703. The molecule has 1 aliphatic carbocycles. The summed E-state index contributed by atoms with van der Waals surface area (Å²) in [7, 11) is 5.26. The average molecular weight is 645 g/mol. The maximum absolute atomic E-state index is 13.2. The quantitative estimate of drug-likeness (QED) is 0.243. The van der Waals surface area contributed by atoms with Crippen LogP contribution in [0.15, 0.2) is 42.5 Å². The largest absolute Gasteiger partial charge is 0.480 e. The molecule has 2 N–H and O–H groups in total. The van der Waals surface area contributed by atoms with Crippen LogP contribution in [-0.4, -0.2) is 93.2 Å². The van der Waals surface area contributed by atoms with Crippen LogP contribution in [0.1, 0.15) is 79.8 Å². The van der Waals surface area contributed by atoms with Crippen molar-refractivity contribution in [3.63, 3.8) is 0 Å². The van der Waals surface area contributed by atoms with E-state index in [-0.39, 0.29) is 12.0 Å². The Balaban J connectivity index is 0.000000451. The number of nitrogens with zero attached hydrogens (tertiary/aromatic N) is 1. The summed E-state index contributed by atoms with van der Waals surface area (Å²) in [4.78, 5) is 27.2. The maximum Gasteiger partial charge on any atom is 0.326 e. The Bertz CT molecular complexity index is 1140. The molecule has 1 saturated heterocycles. The first-order valence-electron chi connectivity index (χ1n) is 16.3. The third-order valence-corrected chi connectivity index (χ3v) is 9.01. The molecule has 252 valence electrons. The Labute approximate surface area is 275 Å². The highest BCUT2D eigenvalue weighted by Gasteiger charge is 2.25. The van der Waals surface area contributed by atoms with E-state index in [1.807, 2.05) is 63.6 Å². The minimum absolute atomic E-state index is 0.269. The van der Waals surface area contributed by atoms with Gasteiger partial charge in [-0.3, -0.25) is 9.69 Å². The van der Waals surface area contributed by atoms with E-state index in [0.717, 1.165) is 54.9 Å². The highest BCUT2D eigenvalue weighted by molar-refractivity contribution is 7.98. The summed E-state index contributed by atoms with van der Waals surface area (Å²) < 4.78 is 15.3. The molecule has 2 aromatic rings. The molecule has 0 radical (unpaired) electrons. The van der Waals surface area contributed by atoms with Crippen LogP contribution in [-0.2, 0) is 25.5 Å². The van der Waals surface area contributed by atoms with Crippen molar-refractivity contribution in [1.29, 1.82) is 0 Å². The summed E-state index contributed by atoms with van der Waals surface area (Å²) in [6.45, 7) is 7.46. The van der Waals surface area contributed by atoms with E-state index >= 15 is 0 Å². The number of benzene rings is 2. The first-order chi connectivity index (χ1) is 21.8. The fourth-order valence-corrected chi connectivity index (χ4v) is 6.06. The number of hydrogen-bond donors (Lipinski definition) is 2. The third-order valence-electron chi connectivity index (χ3n) is 8.37. The van der Waals surface area contributed by atoms with Crippen LogP contribution >= 0.6 is 11.8 Å². The fourth-order valence-electron chi connectivity index (χ4n) is 5.58. The van der Waals surface area contributed by atoms with E-state index in [2.05, 4.69) is 21.0 Å². The average Bonchev–Trinajstić information content (AvgIpc) is 3.34. The molecule has 1 saturated carbocycles. The standard InChI is InChI=1S/C25H32N2O4S.C8H16O.C3H8O/c1-17-6-4-5-7-20(17)22-14-18(15-27-12-10-19(16-27)31-2)8-9-21(22)24(28)26-23(25(29)30)11-13-32-3;1-9-8-6-4-2-3-5-7-8;1-3-4-2/h4-9,14,19,23H,10-13,15-16H2,1-3H3,(H,26,28)(H,29,30);8H,2-7H2,1H3;3H2,1-2H3. The summed E-state index contributed by atoms with van der Waals surface area (Å²) in [5.41, 5.74) is 4.49. The predicted molar refractivity (Wildman–Crippen MR) is 185 cm³/mol. The topological polar surface area (TPSA) is 97.3 Å². The lowest BCUT2D eigenvalue weighted by atomic mass is 9.93. The summed E-state index contributed by atoms with van der Waals surface area (Å²) >= 11 is 1.56. The molecule has 0 bridgehead atoms. The highest BCUT2D eigenvalue weighted by Crippen LogP contribution is 2.29. The van der Waals surface area contributed by atoms with Gasteiger partial charge in [-0.1, -0.05) is 56.0 Å². The van der Waals surface area contributed by atoms with Gasteiger partial charge in [-0.05, 0) is 85.9 Å². The molecule has 1 heterocycles. The Kier molecular flexibility index (Phi) is 19.1. The summed E-state index contributed by atoms with van der Waals surface area (Å²) in [5, 5.41) is 12.3. The Morgan fingerprint density at radius 1 is 0.978 bits per heavy atom. The van der Waals surface area contributed by atoms with Crippen molar-refractivity contribution in [1.82, 2.24) is 10.2 Å². The number of carboxylic acids is 1. The van der Waals surface area contributed by atoms with Crippen LogP contribution in [0.25, 0.3) is 11.1 Å². The minimum atomic E-state index is -1.01. The number of nitrogens with one attached hydrogen (secondary N) is 1. The molecule has 9 heteroatoms. The zero-order valence-electron chi connectivity index (χ0n) is 28.3. The van der Waals surface area contributed by atoms with E-state index in [4.69, 9.17) is 9.47 Å². The molecule has 0 spiro atoms. The van der Waals surface area contributed by atoms with Crippen molar-refractivity contribution < 1.29 is 28.9 Å². The molecular formula is C36H56N2O6S. The van der Waals surface area contributed by atoms with Gasteiger partial charge in [-0.15, -0.1) is 0 Å². The molecular weight excluding hydrogens is 588 g/mol. The Hall–Kier alpha value is -2.43. The molecule has 1 aliphatic heterocycles. The van der Waals surface area contributed by atoms with E-state index in [1.165, 1.54) is 38.5 Å². The van der Waals surface area contributed by atoms with Crippen molar-refractivity contribution in [3.8, 4) is 11.1 Å². The van der Waals surface area contributed by atoms with Gasteiger partial charge >= 0.3 is 5.97 Å². The first kappa shape index (κ1) is 38.8. The number of hydrogen-bond acceptors (Lipinski definition) is 7. The molecule has 0 aromatic heterocycles. The van der Waals surface area contributed by atoms with Crippen molar-refractivity contribution >= 4 is 23.6 Å². The van der Waals surface area contributed by atoms with E-state index in [1.54, 1.807) is 26.0 Å². The zero-order valence-corrected chi connectivity index (χ0v) is 29.1. The Morgan fingerprint density at radius 2 is 1.64 bits per heavy atom. The zero-order chi connectivity index (χ0) is 33.0. The smallest absolute Gasteiger partial charge is 0.326 e. The first-order valence-corrected chi connectivity index (χ1v) is 17.7. The van der Waals surface area contributed by atoms with E-state index in [0.29, 0.717) is 23.8 Å². The molecule has 8 nitrogen and oxygen atoms in total. The third kappa shape index (κ3) is 13.8. The number of methoxy groups -OCH3 is 3. The number of amides is 1. The van der Waals surface area contributed by atoms with Gasteiger partial charge in [0.2, 0.25) is 0 Å². The lowest BCUT2D eigenvalue weighted by Crippen LogP contribution is -2.41. The predicted octanol–water partition coefficient (Wildman–Crippen LogP) is 6.83. The summed E-state index contributed by atoms with van der Waals surface area (Å²) in [6.07, 6.45) is 12.3. The van der Waals surface area contributed by atoms with Gasteiger partial charge in [-0.25, -0.2) is 4.79 Å². The normalized spacial score (nSPS) is 17.7. The van der Waals surface area contributed by atoms with Crippen LogP contribution in [0.5, 0.6) is 0 Å². The van der Waals surface area contributed by atoms with Crippen LogP contribution in [0.2, 0.25) is 0 Å². The van der Waals surface area contributed by atoms with Gasteiger partial charge in [0.05, 0.1) is 12.2 Å². The van der Waals surface area contributed by atoms with E-state index in [9.17, 15) is 14.7 Å². The number of carbonyl (C=O) groups is 2. The number of carbonyl (C=O) groups excluding carboxylic acids is 1. The molecule has 4 rings (SSSR count). The lowest BCUT2D eigenvalue weighted by Gasteiger charge is -2.19. The second kappa shape index (κ2) is 22.2. The van der Waals surface area contributed by atoms with Crippen LogP contribution in [0.4, 0.5) is 0 Å². The monoisotopic (exact) mass is 644 g/mol. The molecule has 2 fully saturated rings. The Morgan fingerprint density at radius 3 is 2.20 bits per heavy atom. The maximum atomic E-state index is 13.2. The fraction of sp³-hybridized carbons (Fsp3) is 0.611. The molecule has 45 heavy (non-hydrogen) atoms. The summed E-state index contributed by atoms with van der Waals surface area (Å²) in [6, 6.07) is 12.9. The number of rotatable bonds is 12. The van der Waals surface area contributed by atoms with Gasteiger partial charge in [0.15, 0.2) is 0 Å². The second-order valence-corrected chi connectivity index (χ2v) is 12.6. The van der Waals surface area contributed by atoms with Crippen LogP contribution in [0, 0.1) is 6.92 Å².